The summed E-state index contributed by atoms with van der Waals surface area (Å²) in [5, 5.41) is 6.90. The molecule has 0 atom stereocenters. The number of ether oxygens (including phenoxy) is 3. The molecule has 3 N–H and O–H groups in total. The Morgan fingerprint density at radius 2 is 1.38 bits per heavy atom. The summed E-state index contributed by atoms with van der Waals surface area (Å²) in [6, 6.07) is 20.7. The minimum absolute atomic E-state index is 0.0634. The lowest BCUT2D eigenvalue weighted by Crippen LogP contribution is -2.20. The van der Waals surface area contributed by atoms with Crippen LogP contribution in [0, 0.1) is 5.82 Å². The Labute approximate surface area is 242 Å². The van der Waals surface area contributed by atoms with Crippen LogP contribution in [0.4, 0.5) is 10.1 Å². The molecule has 0 saturated carbocycles. The van der Waals surface area contributed by atoms with Crippen LogP contribution in [0.15, 0.2) is 77.6 Å². The number of amides is 1. The van der Waals surface area contributed by atoms with Crippen LogP contribution in [0.3, 0.4) is 0 Å². The van der Waals surface area contributed by atoms with Crippen molar-refractivity contribution in [2.45, 2.75) is 12.8 Å². The van der Waals surface area contributed by atoms with E-state index in [2.05, 4.69) is 15.6 Å². The van der Waals surface area contributed by atoms with Gasteiger partial charge in [-0.3, -0.25) is 9.59 Å². The number of anilines is 1. The Morgan fingerprint density at radius 3 is 2.07 bits per heavy atom. The van der Waals surface area contributed by atoms with Crippen molar-refractivity contribution >= 4 is 33.4 Å². The highest BCUT2D eigenvalue weighted by molar-refractivity contribution is 6.13. The zero-order valence-corrected chi connectivity index (χ0v) is 23.7. The maximum atomic E-state index is 14.5. The van der Waals surface area contributed by atoms with Gasteiger partial charge < -0.3 is 29.8 Å². The van der Waals surface area contributed by atoms with E-state index < -0.39 is 11.7 Å². The molecule has 5 rings (SSSR count). The summed E-state index contributed by atoms with van der Waals surface area (Å²) in [4.78, 5) is 29.5. The van der Waals surface area contributed by atoms with Gasteiger partial charge in [-0.2, -0.15) is 0 Å². The molecule has 9 heteroatoms. The van der Waals surface area contributed by atoms with E-state index in [1.807, 2.05) is 36.4 Å². The number of methoxy groups -OCH3 is 3. The molecule has 4 aromatic carbocycles. The number of rotatable bonds is 11. The van der Waals surface area contributed by atoms with Crippen LogP contribution in [0.5, 0.6) is 17.2 Å². The quantitative estimate of drug-likeness (QED) is 0.144. The van der Waals surface area contributed by atoms with E-state index in [1.54, 1.807) is 38.5 Å². The maximum Gasteiger partial charge on any atom is 0.257 e. The van der Waals surface area contributed by atoms with Crippen molar-refractivity contribution in [3.8, 4) is 17.2 Å². The average molecular weight is 570 g/mol. The van der Waals surface area contributed by atoms with Gasteiger partial charge in [-0.05, 0) is 85.6 Å². The predicted octanol–water partition coefficient (Wildman–Crippen LogP) is 5.47. The number of carbonyl (C=O) groups excluding carboxylic acids is 1. The summed E-state index contributed by atoms with van der Waals surface area (Å²) in [5.41, 5.74) is 2.85. The van der Waals surface area contributed by atoms with Gasteiger partial charge in [0.25, 0.3) is 5.91 Å². The van der Waals surface area contributed by atoms with Crippen LogP contribution in [-0.2, 0) is 12.8 Å². The third-order valence-corrected chi connectivity index (χ3v) is 7.20. The van der Waals surface area contributed by atoms with Crippen LogP contribution in [0.25, 0.3) is 21.8 Å². The Bertz CT molecular complexity index is 1820. The highest BCUT2D eigenvalue weighted by atomic mass is 19.1. The zero-order chi connectivity index (χ0) is 29.6. The molecule has 8 nitrogen and oxygen atoms in total. The first kappa shape index (κ1) is 28.6. The number of fused-ring (bicyclic) bond motifs is 2. The van der Waals surface area contributed by atoms with E-state index in [0.717, 1.165) is 37.1 Å². The minimum Gasteiger partial charge on any atom is -0.495 e. The molecule has 1 amide bonds. The lowest BCUT2D eigenvalue weighted by atomic mass is 10.1. The molecule has 1 aromatic heterocycles. The van der Waals surface area contributed by atoms with Crippen LogP contribution >= 0.6 is 0 Å². The van der Waals surface area contributed by atoms with Gasteiger partial charge in [0.05, 0.1) is 43.6 Å². The SMILES string of the molecule is COc1ccc(CCNCCc2ccc(OC)c(OC)c2)cc1NC(=O)c1cccc2c(=O)c3cccc(F)c3[nH]c12. The summed E-state index contributed by atoms with van der Waals surface area (Å²) in [6.45, 7) is 1.51. The van der Waals surface area contributed by atoms with Gasteiger partial charge in [0, 0.05) is 10.8 Å². The lowest BCUT2D eigenvalue weighted by Gasteiger charge is -2.14. The van der Waals surface area contributed by atoms with Gasteiger partial charge in [-0.25, -0.2) is 4.39 Å². The molecular weight excluding hydrogens is 537 g/mol. The van der Waals surface area contributed by atoms with E-state index in [9.17, 15) is 14.0 Å². The molecular formula is C33H32FN3O5. The van der Waals surface area contributed by atoms with Gasteiger partial charge in [0.2, 0.25) is 0 Å². The minimum atomic E-state index is -0.562. The fraction of sp³-hybridized carbons (Fsp3) is 0.212. The second-order valence-corrected chi connectivity index (χ2v) is 9.77. The highest BCUT2D eigenvalue weighted by Gasteiger charge is 2.17. The van der Waals surface area contributed by atoms with Crippen LogP contribution in [0.1, 0.15) is 21.5 Å². The van der Waals surface area contributed by atoms with Crippen molar-refractivity contribution in [2.24, 2.45) is 0 Å². The van der Waals surface area contributed by atoms with E-state index in [4.69, 9.17) is 14.2 Å². The number of hydrogen-bond donors (Lipinski definition) is 3. The van der Waals surface area contributed by atoms with Crippen LogP contribution < -0.4 is 30.3 Å². The van der Waals surface area contributed by atoms with Crippen molar-refractivity contribution < 1.29 is 23.4 Å². The molecule has 0 aliphatic rings. The molecule has 0 fully saturated rings. The second kappa shape index (κ2) is 12.7. The van der Waals surface area contributed by atoms with E-state index in [-0.39, 0.29) is 27.4 Å². The van der Waals surface area contributed by atoms with Crippen molar-refractivity contribution in [2.75, 3.05) is 39.7 Å². The summed E-state index contributed by atoms with van der Waals surface area (Å²) >= 11 is 0. The number of carbonyl (C=O) groups is 1. The Balaban J connectivity index is 1.28. The van der Waals surface area contributed by atoms with E-state index in [0.29, 0.717) is 28.3 Å². The second-order valence-electron chi connectivity index (χ2n) is 9.77. The molecule has 0 aliphatic heterocycles. The number of nitrogens with one attached hydrogen (secondary N) is 3. The first-order valence-corrected chi connectivity index (χ1v) is 13.6. The van der Waals surface area contributed by atoms with Crippen molar-refractivity contribution in [1.82, 2.24) is 10.3 Å². The van der Waals surface area contributed by atoms with Crippen molar-refractivity contribution in [1.29, 1.82) is 0 Å². The van der Waals surface area contributed by atoms with Gasteiger partial charge >= 0.3 is 0 Å². The fourth-order valence-corrected chi connectivity index (χ4v) is 5.00. The smallest absolute Gasteiger partial charge is 0.257 e. The molecule has 42 heavy (non-hydrogen) atoms. The van der Waals surface area contributed by atoms with Crippen LogP contribution in [0.2, 0.25) is 0 Å². The van der Waals surface area contributed by atoms with Crippen LogP contribution in [-0.4, -0.2) is 45.3 Å². The standard InChI is InChI=1S/C33H32FN3O5/c1-40-27-12-10-20(14-16-35-17-15-21-11-13-28(41-2)29(19-21)42-3)18-26(27)36-33(39)24-8-4-6-22-30(24)37-31-23(32(22)38)7-5-9-25(31)34/h4-13,18-19,35H,14-17H2,1-3H3,(H,36,39)(H,37,38). The largest absolute Gasteiger partial charge is 0.495 e. The number of aromatic nitrogens is 1. The molecule has 0 spiro atoms. The number of halogens is 1. The van der Waals surface area contributed by atoms with Gasteiger partial charge in [0.1, 0.15) is 11.6 Å². The summed E-state index contributed by atoms with van der Waals surface area (Å²) in [5.74, 6) is 0.897. The number of H-pyrrole nitrogens is 1. The average Bonchev–Trinajstić information content (AvgIpc) is 3.01. The predicted molar refractivity (Wildman–Crippen MR) is 163 cm³/mol. The number of para-hydroxylation sites is 2. The van der Waals surface area contributed by atoms with Gasteiger partial charge in [-0.15, -0.1) is 0 Å². The number of benzene rings is 4. The monoisotopic (exact) mass is 569 g/mol. The van der Waals surface area contributed by atoms with E-state index in [1.165, 1.54) is 19.2 Å². The van der Waals surface area contributed by atoms with Gasteiger partial charge in [-0.1, -0.05) is 24.3 Å². The molecule has 216 valence electrons. The Hall–Kier alpha value is -4.89. The molecule has 1 heterocycles. The Kier molecular flexibility index (Phi) is 8.68. The summed E-state index contributed by atoms with van der Waals surface area (Å²) in [7, 11) is 4.77. The first-order chi connectivity index (χ1) is 20.4. The van der Waals surface area contributed by atoms with Crippen molar-refractivity contribution in [3.63, 3.8) is 0 Å². The first-order valence-electron chi connectivity index (χ1n) is 13.6. The zero-order valence-electron chi connectivity index (χ0n) is 23.7. The maximum absolute atomic E-state index is 14.5. The summed E-state index contributed by atoms with van der Waals surface area (Å²) < 4.78 is 30.7. The number of aromatic amines is 1. The molecule has 0 saturated heterocycles. The lowest BCUT2D eigenvalue weighted by molar-refractivity contribution is 0.102. The number of hydrogen-bond acceptors (Lipinski definition) is 6. The third-order valence-electron chi connectivity index (χ3n) is 7.20. The van der Waals surface area contributed by atoms with Gasteiger partial charge in [0.15, 0.2) is 16.9 Å². The third kappa shape index (κ3) is 5.91. The fourth-order valence-electron chi connectivity index (χ4n) is 5.00. The molecule has 0 unspecified atom stereocenters. The Morgan fingerprint density at radius 1 is 0.762 bits per heavy atom. The molecule has 0 aliphatic carbocycles. The number of pyridine rings is 1. The highest BCUT2D eigenvalue weighted by Crippen LogP contribution is 2.29. The molecule has 5 aromatic rings. The normalized spacial score (nSPS) is 11.0. The molecule has 0 radical (unpaired) electrons. The van der Waals surface area contributed by atoms with Crippen molar-refractivity contribution in [3.05, 3.63) is 106 Å². The van der Waals surface area contributed by atoms with E-state index >= 15 is 0 Å². The molecule has 0 bridgehead atoms. The topological polar surface area (TPSA) is 102 Å². The summed E-state index contributed by atoms with van der Waals surface area (Å²) in [6.07, 6.45) is 1.56.